The average Bonchev–Trinajstić information content (AvgIpc) is 2.60. The molecule has 1 aliphatic heterocycles. The third-order valence-electron chi connectivity index (χ3n) is 3.43. The molecule has 5 nitrogen and oxygen atoms in total. The van der Waals surface area contributed by atoms with Gasteiger partial charge in [0.15, 0.2) is 0 Å². The van der Waals surface area contributed by atoms with E-state index in [1.54, 1.807) is 4.90 Å². The summed E-state index contributed by atoms with van der Waals surface area (Å²) < 4.78 is 0. The van der Waals surface area contributed by atoms with Crippen molar-refractivity contribution >= 4 is 11.8 Å². The first-order valence-electron chi connectivity index (χ1n) is 5.93. The minimum Gasteiger partial charge on any atom is -0.395 e. The van der Waals surface area contributed by atoms with Crippen molar-refractivity contribution in [2.24, 2.45) is 0 Å². The Morgan fingerprint density at radius 1 is 1.44 bits per heavy atom. The van der Waals surface area contributed by atoms with Crippen LogP contribution in [0.25, 0.3) is 0 Å². The molecule has 5 heteroatoms. The van der Waals surface area contributed by atoms with E-state index in [9.17, 15) is 9.59 Å². The maximum absolute atomic E-state index is 12.1. The highest BCUT2D eigenvalue weighted by Crippen LogP contribution is 2.26. The first-order chi connectivity index (χ1) is 7.72. The normalized spacial score (nSPS) is 25.1. The second-order valence-electron chi connectivity index (χ2n) is 4.50. The van der Waals surface area contributed by atoms with E-state index in [1.165, 1.54) is 0 Å². The Kier molecular flexibility index (Phi) is 3.43. The number of carbonyl (C=O) groups excluding carboxylic acids is 2. The van der Waals surface area contributed by atoms with E-state index in [1.807, 2.05) is 0 Å². The first-order valence-corrected chi connectivity index (χ1v) is 5.93. The Balaban J connectivity index is 1.95. The molecule has 1 heterocycles. The molecule has 0 spiro atoms. The number of carbonyl (C=O) groups is 2. The summed E-state index contributed by atoms with van der Waals surface area (Å²) in [6.07, 6.45) is 4.22. The fourth-order valence-electron chi connectivity index (χ4n) is 2.28. The van der Waals surface area contributed by atoms with Crippen LogP contribution >= 0.6 is 0 Å². The van der Waals surface area contributed by atoms with Crippen molar-refractivity contribution in [3.63, 3.8) is 0 Å². The summed E-state index contributed by atoms with van der Waals surface area (Å²) in [5.41, 5.74) is 0. The Labute approximate surface area is 94.8 Å². The minimum absolute atomic E-state index is 0.0110. The van der Waals surface area contributed by atoms with E-state index in [2.05, 4.69) is 5.32 Å². The van der Waals surface area contributed by atoms with Crippen molar-refractivity contribution in [2.45, 2.75) is 44.2 Å². The fraction of sp³-hybridized carbons (Fsp3) is 0.818. The zero-order valence-electron chi connectivity index (χ0n) is 9.32. The number of rotatable bonds is 4. The predicted octanol–water partition coefficient (Wildman–Crippen LogP) is -0.362. The van der Waals surface area contributed by atoms with E-state index in [0.29, 0.717) is 19.4 Å². The van der Waals surface area contributed by atoms with Crippen LogP contribution in [0.2, 0.25) is 0 Å². The van der Waals surface area contributed by atoms with Gasteiger partial charge in [-0.1, -0.05) is 0 Å². The zero-order valence-corrected chi connectivity index (χ0v) is 9.32. The van der Waals surface area contributed by atoms with Gasteiger partial charge in [-0.15, -0.1) is 0 Å². The fourth-order valence-corrected chi connectivity index (χ4v) is 2.28. The van der Waals surface area contributed by atoms with Crippen LogP contribution < -0.4 is 5.32 Å². The van der Waals surface area contributed by atoms with E-state index in [0.717, 1.165) is 19.3 Å². The number of amides is 2. The highest BCUT2D eigenvalue weighted by atomic mass is 16.3. The highest BCUT2D eigenvalue weighted by molar-refractivity contribution is 5.91. The third kappa shape index (κ3) is 2.19. The van der Waals surface area contributed by atoms with Crippen molar-refractivity contribution in [2.75, 3.05) is 13.2 Å². The summed E-state index contributed by atoms with van der Waals surface area (Å²) in [5.74, 6) is -0.0690. The van der Waals surface area contributed by atoms with Gasteiger partial charge >= 0.3 is 0 Å². The highest BCUT2D eigenvalue weighted by Gasteiger charge is 2.35. The van der Waals surface area contributed by atoms with Gasteiger partial charge in [0.25, 0.3) is 0 Å². The van der Waals surface area contributed by atoms with Crippen LogP contribution in [-0.4, -0.2) is 47.1 Å². The van der Waals surface area contributed by atoms with Gasteiger partial charge in [0, 0.05) is 19.0 Å². The summed E-state index contributed by atoms with van der Waals surface area (Å²) in [5, 5.41) is 11.7. The Hall–Kier alpha value is -1.10. The van der Waals surface area contributed by atoms with Gasteiger partial charge in [-0.2, -0.15) is 0 Å². The number of hydrogen-bond acceptors (Lipinski definition) is 3. The van der Waals surface area contributed by atoms with Crippen molar-refractivity contribution in [1.29, 1.82) is 0 Å². The molecule has 90 valence electrons. The van der Waals surface area contributed by atoms with E-state index >= 15 is 0 Å². The molecule has 2 amide bonds. The zero-order chi connectivity index (χ0) is 11.5. The van der Waals surface area contributed by atoms with E-state index in [4.69, 9.17) is 5.11 Å². The molecule has 1 aliphatic carbocycles. The monoisotopic (exact) mass is 226 g/mol. The lowest BCUT2D eigenvalue weighted by molar-refractivity contribution is -0.138. The molecule has 0 aromatic carbocycles. The lowest BCUT2D eigenvalue weighted by Gasteiger charge is -2.38. The largest absolute Gasteiger partial charge is 0.395 e. The summed E-state index contributed by atoms with van der Waals surface area (Å²) in [6.45, 7) is 0.374. The van der Waals surface area contributed by atoms with Crippen LogP contribution in [-0.2, 0) is 9.59 Å². The molecule has 2 fully saturated rings. The van der Waals surface area contributed by atoms with Crippen molar-refractivity contribution in [1.82, 2.24) is 10.2 Å². The van der Waals surface area contributed by atoms with Crippen LogP contribution in [0.1, 0.15) is 32.1 Å². The van der Waals surface area contributed by atoms with Gasteiger partial charge in [-0.05, 0) is 25.7 Å². The van der Waals surface area contributed by atoms with E-state index in [-0.39, 0.29) is 30.5 Å². The molecule has 1 saturated carbocycles. The molecule has 0 aromatic heterocycles. The van der Waals surface area contributed by atoms with Gasteiger partial charge in [0.2, 0.25) is 11.8 Å². The maximum Gasteiger partial charge on any atom is 0.245 e. The summed E-state index contributed by atoms with van der Waals surface area (Å²) in [4.78, 5) is 24.9. The summed E-state index contributed by atoms with van der Waals surface area (Å²) >= 11 is 0. The summed E-state index contributed by atoms with van der Waals surface area (Å²) in [7, 11) is 0. The van der Waals surface area contributed by atoms with Gasteiger partial charge in [0.1, 0.15) is 6.04 Å². The number of aliphatic hydroxyl groups is 1. The molecule has 0 aromatic rings. The third-order valence-corrected chi connectivity index (χ3v) is 3.43. The molecular weight excluding hydrogens is 208 g/mol. The smallest absolute Gasteiger partial charge is 0.245 e. The van der Waals surface area contributed by atoms with Crippen molar-refractivity contribution in [3.05, 3.63) is 0 Å². The van der Waals surface area contributed by atoms with E-state index < -0.39 is 0 Å². The second kappa shape index (κ2) is 4.82. The standard InChI is InChI=1S/C11H18N2O3/c14-7-6-13(8-2-1-3-8)11(16)9-4-5-10(15)12-9/h8-9,14H,1-7H2,(H,12,15). The Morgan fingerprint density at radius 2 is 2.19 bits per heavy atom. The molecule has 16 heavy (non-hydrogen) atoms. The predicted molar refractivity (Wildman–Crippen MR) is 57.6 cm³/mol. The number of nitrogens with zero attached hydrogens (tertiary/aromatic N) is 1. The Morgan fingerprint density at radius 3 is 2.62 bits per heavy atom. The van der Waals surface area contributed by atoms with Crippen LogP contribution in [0.5, 0.6) is 0 Å². The average molecular weight is 226 g/mol. The molecule has 2 aliphatic rings. The SMILES string of the molecule is O=C1CCC(C(=O)N(CCO)C2CCC2)N1. The van der Waals surface area contributed by atoms with Crippen LogP contribution in [0.3, 0.4) is 0 Å². The van der Waals surface area contributed by atoms with Gasteiger partial charge in [-0.3, -0.25) is 9.59 Å². The number of nitrogens with one attached hydrogen (secondary N) is 1. The lowest BCUT2D eigenvalue weighted by atomic mass is 9.91. The molecular formula is C11H18N2O3. The second-order valence-corrected chi connectivity index (χ2v) is 4.50. The van der Waals surface area contributed by atoms with Crippen LogP contribution in [0.4, 0.5) is 0 Å². The van der Waals surface area contributed by atoms with Crippen LogP contribution in [0, 0.1) is 0 Å². The molecule has 1 unspecified atom stereocenters. The van der Waals surface area contributed by atoms with Crippen molar-refractivity contribution < 1.29 is 14.7 Å². The summed E-state index contributed by atoms with van der Waals surface area (Å²) in [6, 6.07) is -0.0863. The maximum atomic E-state index is 12.1. The van der Waals surface area contributed by atoms with Gasteiger partial charge in [0.05, 0.1) is 6.61 Å². The first kappa shape index (κ1) is 11.4. The van der Waals surface area contributed by atoms with Gasteiger partial charge in [-0.25, -0.2) is 0 Å². The Bertz CT molecular complexity index is 289. The minimum atomic E-state index is -0.361. The topological polar surface area (TPSA) is 69.6 Å². The quantitative estimate of drug-likeness (QED) is 0.687. The number of hydrogen-bond donors (Lipinski definition) is 2. The van der Waals surface area contributed by atoms with Gasteiger partial charge < -0.3 is 15.3 Å². The van der Waals surface area contributed by atoms with Crippen molar-refractivity contribution in [3.8, 4) is 0 Å². The molecule has 0 radical (unpaired) electrons. The molecule has 2 N–H and O–H groups in total. The number of aliphatic hydroxyl groups excluding tert-OH is 1. The molecule has 1 saturated heterocycles. The molecule has 1 atom stereocenters. The lowest BCUT2D eigenvalue weighted by Crippen LogP contribution is -2.52. The molecule has 2 rings (SSSR count). The van der Waals surface area contributed by atoms with Crippen LogP contribution in [0.15, 0.2) is 0 Å². The molecule has 0 bridgehead atoms.